The standard InChI is InChI=1S/C15H24N2O/c1-2-4-15(5-3-1)18-13-12-17-11-8-14-6-9-16-10-7-14/h6-7,9-10,15,17H,1-5,8,11-13H2. The lowest BCUT2D eigenvalue weighted by atomic mass is 9.98. The van der Waals surface area contributed by atoms with Crippen LogP contribution in [0.5, 0.6) is 0 Å². The number of rotatable bonds is 7. The molecule has 100 valence electrons. The molecule has 0 bridgehead atoms. The molecule has 0 atom stereocenters. The van der Waals surface area contributed by atoms with E-state index in [0.717, 1.165) is 26.1 Å². The quantitative estimate of drug-likeness (QED) is 0.753. The van der Waals surface area contributed by atoms with Crippen LogP contribution in [0.15, 0.2) is 24.5 Å². The fourth-order valence-corrected chi connectivity index (χ4v) is 2.44. The predicted molar refractivity (Wildman–Crippen MR) is 73.6 cm³/mol. The first-order valence-electron chi connectivity index (χ1n) is 7.16. The molecule has 0 aliphatic heterocycles. The summed E-state index contributed by atoms with van der Waals surface area (Å²) in [4.78, 5) is 4.01. The van der Waals surface area contributed by atoms with E-state index in [0.29, 0.717) is 6.10 Å². The number of pyridine rings is 1. The zero-order valence-corrected chi connectivity index (χ0v) is 11.1. The van der Waals surface area contributed by atoms with Gasteiger partial charge in [-0.25, -0.2) is 0 Å². The lowest BCUT2D eigenvalue weighted by molar-refractivity contribution is 0.0304. The Morgan fingerprint density at radius 2 is 1.89 bits per heavy atom. The zero-order valence-electron chi connectivity index (χ0n) is 11.1. The molecule has 1 heterocycles. The molecule has 0 spiro atoms. The van der Waals surface area contributed by atoms with Crippen molar-refractivity contribution in [2.75, 3.05) is 19.7 Å². The van der Waals surface area contributed by atoms with E-state index in [4.69, 9.17) is 4.74 Å². The minimum atomic E-state index is 0.528. The van der Waals surface area contributed by atoms with Crippen molar-refractivity contribution in [3.05, 3.63) is 30.1 Å². The zero-order chi connectivity index (χ0) is 12.5. The molecule has 3 heteroatoms. The molecule has 1 fully saturated rings. The normalized spacial score (nSPS) is 16.9. The molecule has 1 aliphatic rings. The lowest BCUT2D eigenvalue weighted by Crippen LogP contribution is -2.25. The second-order valence-corrected chi connectivity index (χ2v) is 4.99. The Balaban J connectivity index is 1.46. The van der Waals surface area contributed by atoms with Crippen molar-refractivity contribution < 1.29 is 4.74 Å². The van der Waals surface area contributed by atoms with E-state index in [1.807, 2.05) is 12.4 Å². The van der Waals surface area contributed by atoms with Gasteiger partial charge in [0.2, 0.25) is 0 Å². The largest absolute Gasteiger partial charge is 0.377 e. The van der Waals surface area contributed by atoms with Gasteiger partial charge >= 0.3 is 0 Å². The average molecular weight is 248 g/mol. The van der Waals surface area contributed by atoms with Gasteiger partial charge in [-0.2, -0.15) is 0 Å². The third kappa shape index (κ3) is 5.15. The van der Waals surface area contributed by atoms with Gasteiger partial charge in [0.15, 0.2) is 0 Å². The van der Waals surface area contributed by atoms with Crippen molar-refractivity contribution in [3.8, 4) is 0 Å². The summed E-state index contributed by atoms with van der Waals surface area (Å²) in [5.41, 5.74) is 1.34. The van der Waals surface area contributed by atoms with Gasteiger partial charge in [0, 0.05) is 18.9 Å². The first-order valence-corrected chi connectivity index (χ1v) is 7.16. The molecule has 1 saturated carbocycles. The second-order valence-electron chi connectivity index (χ2n) is 4.99. The van der Waals surface area contributed by atoms with Gasteiger partial charge in [-0.1, -0.05) is 19.3 Å². The van der Waals surface area contributed by atoms with E-state index in [1.165, 1.54) is 37.7 Å². The van der Waals surface area contributed by atoms with Crippen LogP contribution in [-0.2, 0) is 11.2 Å². The summed E-state index contributed by atoms with van der Waals surface area (Å²) in [5, 5.41) is 3.43. The minimum absolute atomic E-state index is 0.528. The first kappa shape index (κ1) is 13.5. The molecule has 0 unspecified atom stereocenters. The average Bonchev–Trinajstić information content (AvgIpc) is 2.45. The van der Waals surface area contributed by atoms with Crippen LogP contribution in [0, 0.1) is 0 Å². The molecule has 0 aromatic carbocycles. The summed E-state index contributed by atoms with van der Waals surface area (Å²) in [6.07, 6.45) is 11.9. The van der Waals surface area contributed by atoms with Crippen molar-refractivity contribution in [3.63, 3.8) is 0 Å². The number of nitrogens with zero attached hydrogens (tertiary/aromatic N) is 1. The highest BCUT2D eigenvalue weighted by atomic mass is 16.5. The number of ether oxygens (including phenoxy) is 1. The van der Waals surface area contributed by atoms with Crippen LogP contribution in [0.25, 0.3) is 0 Å². The van der Waals surface area contributed by atoms with Crippen molar-refractivity contribution >= 4 is 0 Å². The summed E-state index contributed by atoms with van der Waals surface area (Å²) in [7, 11) is 0. The summed E-state index contributed by atoms with van der Waals surface area (Å²) in [6, 6.07) is 4.14. The Hall–Kier alpha value is -0.930. The molecule has 3 nitrogen and oxygen atoms in total. The monoisotopic (exact) mass is 248 g/mol. The highest BCUT2D eigenvalue weighted by Crippen LogP contribution is 2.19. The van der Waals surface area contributed by atoms with Gasteiger partial charge in [-0.15, -0.1) is 0 Å². The highest BCUT2D eigenvalue weighted by molar-refractivity contribution is 5.09. The molecule has 18 heavy (non-hydrogen) atoms. The van der Waals surface area contributed by atoms with Gasteiger partial charge in [0.05, 0.1) is 12.7 Å². The molecular formula is C15H24N2O. The first-order chi connectivity index (χ1) is 8.95. The smallest absolute Gasteiger partial charge is 0.0594 e. The molecule has 0 amide bonds. The molecule has 1 aromatic rings. The van der Waals surface area contributed by atoms with Crippen LogP contribution < -0.4 is 5.32 Å². The van der Waals surface area contributed by atoms with Crippen LogP contribution in [0.4, 0.5) is 0 Å². The van der Waals surface area contributed by atoms with E-state index in [-0.39, 0.29) is 0 Å². The maximum atomic E-state index is 5.86. The molecule has 0 radical (unpaired) electrons. The SMILES string of the molecule is c1cc(CCNCCOC2CCCCC2)ccn1. The van der Waals surface area contributed by atoms with Crippen molar-refractivity contribution in [1.29, 1.82) is 0 Å². The third-order valence-corrected chi connectivity index (χ3v) is 3.52. The van der Waals surface area contributed by atoms with Crippen LogP contribution >= 0.6 is 0 Å². The van der Waals surface area contributed by atoms with Gasteiger partial charge in [0.25, 0.3) is 0 Å². The lowest BCUT2D eigenvalue weighted by Gasteiger charge is -2.22. The predicted octanol–water partition coefficient (Wildman–Crippen LogP) is 2.56. The Morgan fingerprint density at radius 3 is 2.67 bits per heavy atom. The van der Waals surface area contributed by atoms with Crippen LogP contribution in [0.1, 0.15) is 37.7 Å². The molecule has 2 rings (SSSR count). The molecule has 1 aromatic heterocycles. The van der Waals surface area contributed by atoms with Crippen molar-refractivity contribution in [1.82, 2.24) is 10.3 Å². The van der Waals surface area contributed by atoms with Crippen molar-refractivity contribution in [2.45, 2.75) is 44.6 Å². The van der Waals surface area contributed by atoms with E-state index < -0.39 is 0 Å². The van der Waals surface area contributed by atoms with Crippen LogP contribution in [0.3, 0.4) is 0 Å². The van der Waals surface area contributed by atoms with Crippen LogP contribution in [-0.4, -0.2) is 30.8 Å². The highest BCUT2D eigenvalue weighted by Gasteiger charge is 2.12. The van der Waals surface area contributed by atoms with E-state index in [9.17, 15) is 0 Å². The molecule has 0 saturated heterocycles. The summed E-state index contributed by atoms with van der Waals surface area (Å²) < 4.78 is 5.86. The van der Waals surface area contributed by atoms with E-state index >= 15 is 0 Å². The summed E-state index contributed by atoms with van der Waals surface area (Å²) in [5.74, 6) is 0. The maximum Gasteiger partial charge on any atom is 0.0594 e. The maximum absolute atomic E-state index is 5.86. The summed E-state index contributed by atoms with van der Waals surface area (Å²) >= 11 is 0. The van der Waals surface area contributed by atoms with E-state index in [2.05, 4.69) is 22.4 Å². The van der Waals surface area contributed by atoms with Gasteiger partial charge in [0.1, 0.15) is 0 Å². The van der Waals surface area contributed by atoms with Crippen LogP contribution in [0.2, 0.25) is 0 Å². The fourth-order valence-electron chi connectivity index (χ4n) is 2.44. The minimum Gasteiger partial charge on any atom is -0.377 e. The van der Waals surface area contributed by atoms with Gasteiger partial charge in [-0.05, 0) is 43.5 Å². The molecule has 1 aliphatic carbocycles. The molecular weight excluding hydrogens is 224 g/mol. The van der Waals surface area contributed by atoms with Crippen molar-refractivity contribution in [2.24, 2.45) is 0 Å². The Kier molecular flexibility index (Phi) is 6.17. The third-order valence-electron chi connectivity index (χ3n) is 3.52. The molecule has 1 N–H and O–H groups in total. The Bertz CT molecular complexity index is 310. The number of hydrogen-bond donors (Lipinski definition) is 1. The topological polar surface area (TPSA) is 34.1 Å². The number of nitrogens with one attached hydrogen (secondary N) is 1. The van der Waals surface area contributed by atoms with Gasteiger partial charge < -0.3 is 10.1 Å². The number of hydrogen-bond acceptors (Lipinski definition) is 3. The second kappa shape index (κ2) is 8.22. The fraction of sp³-hybridized carbons (Fsp3) is 0.667. The summed E-state index contributed by atoms with van der Waals surface area (Å²) in [6.45, 7) is 2.82. The van der Waals surface area contributed by atoms with E-state index in [1.54, 1.807) is 0 Å². The Morgan fingerprint density at radius 1 is 1.11 bits per heavy atom. The number of aromatic nitrogens is 1. The van der Waals surface area contributed by atoms with Gasteiger partial charge in [-0.3, -0.25) is 4.98 Å². The Labute approximate surface area is 110 Å².